The summed E-state index contributed by atoms with van der Waals surface area (Å²) < 4.78 is 28.1. The Hall–Kier alpha value is -0.470. The third-order valence-corrected chi connectivity index (χ3v) is 6.04. The van der Waals surface area contributed by atoms with Crippen LogP contribution in [0.5, 0.6) is 0 Å². The summed E-state index contributed by atoms with van der Waals surface area (Å²) >= 11 is 3.33. The van der Waals surface area contributed by atoms with Crippen LogP contribution in [-0.2, 0) is 16.6 Å². The molecule has 0 aromatic heterocycles. The second-order valence-electron chi connectivity index (χ2n) is 5.24. The molecule has 1 fully saturated rings. The Morgan fingerprint density at radius 1 is 1.29 bits per heavy atom. The van der Waals surface area contributed by atoms with Crippen molar-refractivity contribution in [3.05, 3.63) is 28.2 Å². The number of benzene rings is 1. The number of nitrogens with zero attached hydrogens (tertiary/aromatic N) is 1. The second-order valence-corrected chi connectivity index (χ2v) is 7.83. The predicted molar refractivity (Wildman–Crippen MR) is 87.8 cm³/mol. The van der Waals surface area contributed by atoms with Gasteiger partial charge in [0.25, 0.3) is 0 Å². The maximum absolute atomic E-state index is 12.4. The highest BCUT2D eigenvalue weighted by molar-refractivity contribution is 9.10. The first-order chi connectivity index (χ1) is 10.0. The number of nitrogens with one attached hydrogen (secondary N) is 2. The predicted octanol–water partition coefficient (Wildman–Crippen LogP) is 1.54. The van der Waals surface area contributed by atoms with Gasteiger partial charge in [0, 0.05) is 24.1 Å². The average molecular weight is 376 g/mol. The lowest BCUT2D eigenvalue weighted by molar-refractivity contribution is 0.344. The van der Waals surface area contributed by atoms with E-state index in [-0.39, 0.29) is 0 Å². The number of halogens is 1. The van der Waals surface area contributed by atoms with Crippen molar-refractivity contribution in [3.63, 3.8) is 0 Å². The van der Waals surface area contributed by atoms with Crippen LogP contribution < -0.4 is 10.0 Å². The first-order valence-electron chi connectivity index (χ1n) is 7.18. The molecule has 1 aliphatic heterocycles. The smallest absolute Gasteiger partial charge is 0.241 e. The molecule has 0 saturated carbocycles. The van der Waals surface area contributed by atoms with E-state index in [1.165, 1.54) is 12.8 Å². The highest BCUT2D eigenvalue weighted by atomic mass is 79.9. The number of rotatable bonds is 7. The molecule has 1 aromatic carbocycles. The molecule has 0 aliphatic carbocycles. The van der Waals surface area contributed by atoms with Crippen LogP contribution in [-0.4, -0.2) is 46.5 Å². The molecular formula is C14H22BrN3O2S. The summed E-state index contributed by atoms with van der Waals surface area (Å²) in [6.07, 6.45) is 2.43. The van der Waals surface area contributed by atoms with Crippen LogP contribution in [0.15, 0.2) is 27.6 Å². The summed E-state index contributed by atoms with van der Waals surface area (Å²) in [5.74, 6) is 0. The summed E-state index contributed by atoms with van der Waals surface area (Å²) in [5, 5.41) is 3.03. The molecule has 21 heavy (non-hydrogen) atoms. The van der Waals surface area contributed by atoms with Crippen LogP contribution in [0.3, 0.4) is 0 Å². The molecule has 2 rings (SSSR count). The summed E-state index contributed by atoms with van der Waals surface area (Å²) in [6.45, 7) is 4.01. The topological polar surface area (TPSA) is 61.4 Å². The third kappa shape index (κ3) is 4.75. The molecule has 7 heteroatoms. The molecule has 1 aliphatic rings. The lowest BCUT2D eigenvalue weighted by Gasteiger charge is -2.15. The van der Waals surface area contributed by atoms with Crippen molar-refractivity contribution in [2.75, 3.05) is 33.2 Å². The van der Waals surface area contributed by atoms with E-state index in [2.05, 4.69) is 30.9 Å². The monoisotopic (exact) mass is 375 g/mol. The van der Waals surface area contributed by atoms with Crippen molar-refractivity contribution in [1.82, 2.24) is 14.9 Å². The van der Waals surface area contributed by atoms with Crippen molar-refractivity contribution in [2.45, 2.75) is 24.3 Å². The Balaban J connectivity index is 2.02. The minimum absolute atomic E-state index is 0.302. The summed E-state index contributed by atoms with van der Waals surface area (Å²) in [4.78, 5) is 2.59. The first-order valence-corrected chi connectivity index (χ1v) is 9.45. The van der Waals surface area contributed by atoms with Crippen molar-refractivity contribution in [3.8, 4) is 0 Å². The van der Waals surface area contributed by atoms with E-state index in [0.29, 0.717) is 22.5 Å². The maximum atomic E-state index is 12.4. The second kappa shape index (κ2) is 7.69. The van der Waals surface area contributed by atoms with Crippen LogP contribution >= 0.6 is 15.9 Å². The molecule has 0 amide bonds. The van der Waals surface area contributed by atoms with Crippen molar-refractivity contribution in [2.24, 2.45) is 0 Å². The zero-order valence-electron chi connectivity index (χ0n) is 12.2. The Morgan fingerprint density at radius 2 is 2.00 bits per heavy atom. The zero-order valence-corrected chi connectivity index (χ0v) is 14.6. The third-order valence-electron chi connectivity index (χ3n) is 3.58. The van der Waals surface area contributed by atoms with Crippen LogP contribution in [0.1, 0.15) is 18.4 Å². The van der Waals surface area contributed by atoms with Gasteiger partial charge in [0.2, 0.25) is 10.0 Å². The lowest BCUT2D eigenvalue weighted by Crippen LogP contribution is -2.33. The van der Waals surface area contributed by atoms with E-state index in [1.54, 1.807) is 12.1 Å². The van der Waals surface area contributed by atoms with Crippen LogP contribution in [0.4, 0.5) is 0 Å². The number of hydrogen-bond acceptors (Lipinski definition) is 4. The molecule has 5 nitrogen and oxygen atoms in total. The summed E-state index contributed by atoms with van der Waals surface area (Å²) in [6, 6.07) is 5.39. The summed E-state index contributed by atoms with van der Waals surface area (Å²) in [5.41, 5.74) is 0.945. The van der Waals surface area contributed by atoms with Gasteiger partial charge in [-0.25, -0.2) is 13.1 Å². The minimum Gasteiger partial charge on any atom is -0.316 e. The van der Waals surface area contributed by atoms with Gasteiger partial charge >= 0.3 is 0 Å². The SMILES string of the molecule is CNCc1ccc(Br)c(S(=O)(=O)NCCN2CCCC2)c1. The molecule has 0 radical (unpaired) electrons. The van der Waals surface area contributed by atoms with Gasteiger partial charge in [-0.2, -0.15) is 0 Å². The van der Waals surface area contributed by atoms with E-state index in [0.717, 1.165) is 25.2 Å². The molecule has 0 unspecified atom stereocenters. The van der Waals surface area contributed by atoms with Crippen LogP contribution in [0, 0.1) is 0 Å². The quantitative estimate of drug-likeness (QED) is 0.758. The fourth-order valence-electron chi connectivity index (χ4n) is 2.49. The Bertz CT molecular complexity index is 572. The summed E-state index contributed by atoms with van der Waals surface area (Å²) in [7, 11) is -1.64. The lowest BCUT2D eigenvalue weighted by atomic mass is 10.2. The van der Waals surface area contributed by atoms with E-state index < -0.39 is 10.0 Å². The molecule has 0 atom stereocenters. The van der Waals surface area contributed by atoms with Crippen LogP contribution in [0.2, 0.25) is 0 Å². The largest absolute Gasteiger partial charge is 0.316 e. The molecule has 1 saturated heterocycles. The highest BCUT2D eigenvalue weighted by Gasteiger charge is 2.19. The van der Waals surface area contributed by atoms with Gasteiger partial charge in [-0.3, -0.25) is 0 Å². The van der Waals surface area contributed by atoms with Gasteiger partial charge in [0.15, 0.2) is 0 Å². The Labute approximate surface area is 135 Å². The standard InChI is InChI=1S/C14H22BrN3O2S/c1-16-11-12-4-5-13(15)14(10-12)21(19,20)17-6-9-18-7-2-3-8-18/h4-5,10,16-17H,2-3,6-9,11H2,1H3. The van der Waals surface area contributed by atoms with Crippen molar-refractivity contribution in [1.29, 1.82) is 0 Å². The Morgan fingerprint density at radius 3 is 2.67 bits per heavy atom. The number of sulfonamides is 1. The molecule has 1 heterocycles. The van der Waals surface area contributed by atoms with Gasteiger partial charge in [0.05, 0.1) is 4.90 Å². The van der Waals surface area contributed by atoms with E-state index in [1.807, 2.05) is 13.1 Å². The van der Waals surface area contributed by atoms with Crippen molar-refractivity contribution < 1.29 is 8.42 Å². The zero-order chi connectivity index (χ0) is 15.3. The van der Waals surface area contributed by atoms with E-state index in [4.69, 9.17) is 0 Å². The minimum atomic E-state index is -3.47. The average Bonchev–Trinajstić information content (AvgIpc) is 2.94. The maximum Gasteiger partial charge on any atom is 0.241 e. The van der Waals surface area contributed by atoms with Crippen LogP contribution in [0.25, 0.3) is 0 Å². The fraction of sp³-hybridized carbons (Fsp3) is 0.571. The molecule has 118 valence electrons. The van der Waals surface area contributed by atoms with E-state index >= 15 is 0 Å². The molecule has 1 aromatic rings. The fourth-order valence-corrected chi connectivity index (χ4v) is 4.52. The molecular weight excluding hydrogens is 354 g/mol. The molecule has 0 bridgehead atoms. The molecule has 2 N–H and O–H groups in total. The Kier molecular flexibility index (Phi) is 6.19. The van der Waals surface area contributed by atoms with Gasteiger partial charge < -0.3 is 10.2 Å². The highest BCUT2D eigenvalue weighted by Crippen LogP contribution is 2.23. The van der Waals surface area contributed by atoms with Gasteiger partial charge in [-0.1, -0.05) is 6.07 Å². The van der Waals surface area contributed by atoms with Gasteiger partial charge in [-0.15, -0.1) is 0 Å². The van der Waals surface area contributed by atoms with Gasteiger partial charge in [0.1, 0.15) is 0 Å². The number of likely N-dealkylation sites (tertiary alicyclic amines) is 1. The van der Waals surface area contributed by atoms with Crippen molar-refractivity contribution >= 4 is 26.0 Å². The molecule has 0 spiro atoms. The van der Waals surface area contributed by atoms with E-state index in [9.17, 15) is 8.42 Å². The normalized spacial score (nSPS) is 16.5. The first kappa shape index (κ1) is 16.9. The number of hydrogen-bond donors (Lipinski definition) is 2. The van der Waals surface area contributed by atoms with Gasteiger partial charge in [-0.05, 0) is 66.6 Å².